The van der Waals surface area contributed by atoms with E-state index in [1.165, 1.54) is 46.4 Å². The third-order valence-electron chi connectivity index (χ3n) is 8.54. The number of aliphatic imine (C=N–C) groups is 1. The quantitative estimate of drug-likeness (QED) is 0.210. The number of carbonyl (C=O) groups is 1. The second-order valence-electron chi connectivity index (χ2n) is 12.3. The molecule has 0 spiro atoms. The van der Waals surface area contributed by atoms with Crippen LogP contribution >= 0.6 is 11.8 Å². The number of benzene rings is 3. The number of alkyl halides is 3. The number of ether oxygens (including phenoxy) is 1. The van der Waals surface area contributed by atoms with Gasteiger partial charge in [0.1, 0.15) is 12.1 Å². The zero-order chi connectivity index (χ0) is 34.0. The third-order valence-corrected chi connectivity index (χ3v) is 9.53. The van der Waals surface area contributed by atoms with Crippen molar-refractivity contribution >= 4 is 34.2 Å². The van der Waals surface area contributed by atoms with E-state index in [0.717, 1.165) is 64.7 Å². The van der Waals surface area contributed by atoms with Crippen LogP contribution in [-0.2, 0) is 0 Å². The second kappa shape index (κ2) is 13.9. The predicted molar refractivity (Wildman–Crippen MR) is 184 cm³/mol. The number of thioether (sulfide) groups is 1. The first-order valence-electron chi connectivity index (χ1n) is 16.0. The van der Waals surface area contributed by atoms with E-state index >= 15 is 0 Å². The van der Waals surface area contributed by atoms with Crippen LogP contribution in [0, 0.1) is 6.92 Å². The number of aromatic nitrogens is 3. The van der Waals surface area contributed by atoms with Gasteiger partial charge < -0.3 is 15.0 Å². The molecule has 0 radical (unpaired) electrons. The molecule has 12 heteroatoms. The topological polar surface area (TPSA) is 84.6 Å². The van der Waals surface area contributed by atoms with Gasteiger partial charge in [0, 0.05) is 28.7 Å². The summed E-state index contributed by atoms with van der Waals surface area (Å²) in [6, 6.07) is 19.4. The first-order chi connectivity index (χ1) is 23.0. The molecular formula is C36H37F3N6O2S. The van der Waals surface area contributed by atoms with Gasteiger partial charge in [0.2, 0.25) is 0 Å². The minimum Gasteiger partial charge on any atom is -0.406 e. The van der Waals surface area contributed by atoms with Crippen molar-refractivity contribution in [3.8, 4) is 22.8 Å². The maximum absolute atomic E-state index is 13.4. The molecule has 1 aliphatic heterocycles. The first kappa shape index (κ1) is 33.3. The fourth-order valence-corrected chi connectivity index (χ4v) is 7.55. The minimum absolute atomic E-state index is 0.219. The monoisotopic (exact) mass is 674 g/mol. The molecule has 1 atom stereocenters. The van der Waals surface area contributed by atoms with E-state index in [2.05, 4.69) is 75.9 Å². The summed E-state index contributed by atoms with van der Waals surface area (Å²) >= 11 is 1.62. The average molecular weight is 675 g/mol. The SMILES string of the molecule is Cc1cccc(N2/C(=N/C(=O)NC3=C(c4ccc(-c5ncn(-c6ccc(OC(F)(F)F)cc6)n5)cc4)CCC3)SCCC2C)c1C(C)C. The summed E-state index contributed by atoms with van der Waals surface area (Å²) in [6.45, 7) is 8.72. The normalized spacial score (nSPS) is 17.8. The lowest BCUT2D eigenvalue weighted by Crippen LogP contribution is -2.42. The zero-order valence-corrected chi connectivity index (χ0v) is 28.0. The number of nitrogens with zero attached hydrogens (tertiary/aromatic N) is 5. The number of aryl methyl sites for hydroxylation is 1. The Hall–Kier alpha value is -4.58. The summed E-state index contributed by atoms with van der Waals surface area (Å²) in [5.74, 6) is 1.41. The van der Waals surface area contributed by atoms with Gasteiger partial charge in [-0.15, -0.1) is 18.3 Å². The number of hydrogen-bond donors (Lipinski definition) is 1. The average Bonchev–Trinajstić information content (AvgIpc) is 3.71. The molecule has 2 amide bonds. The number of rotatable bonds is 7. The van der Waals surface area contributed by atoms with E-state index in [9.17, 15) is 18.0 Å². The number of allylic oxidation sites excluding steroid dienone is 2. The van der Waals surface area contributed by atoms with Crippen LogP contribution in [0.3, 0.4) is 0 Å². The molecule has 1 aliphatic carbocycles. The molecule has 4 aromatic rings. The molecule has 2 aliphatic rings. The van der Waals surface area contributed by atoms with E-state index in [1.807, 2.05) is 24.3 Å². The van der Waals surface area contributed by atoms with Crippen LogP contribution in [0.4, 0.5) is 23.7 Å². The van der Waals surface area contributed by atoms with Gasteiger partial charge in [-0.05, 0) is 98.0 Å². The number of amides is 2. The highest BCUT2D eigenvalue weighted by Crippen LogP contribution is 2.37. The summed E-state index contributed by atoms with van der Waals surface area (Å²) < 4.78 is 42.9. The molecule has 1 aromatic heterocycles. The first-order valence-corrected chi connectivity index (χ1v) is 17.0. The summed E-state index contributed by atoms with van der Waals surface area (Å²) in [5.41, 5.74) is 7.92. The van der Waals surface area contributed by atoms with Crippen LogP contribution in [0.25, 0.3) is 22.6 Å². The number of nitrogens with one attached hydrogen (secondary N) is 1. The molecule has 48 heavy (non-hydrogen) atoms. The predicted octanol–water partition coefficient (Wildman–Crippen LogP) is 9.26. The van der Waals surface area contributed by atoms with E-state index < -0.39 is 6.36 Å². The molecule has 1 saturated heterocycles. The lowest BCUT2D eigenvalue weighted by molar-refractivity contribution is -0.274. The number of anilines is 1. The Labute approximate surface area is 282 Å². The van der Waals surface area contributed by atoms with Crippen LogP contribution in [0.5, 0.6) is 5.75 Å². The van der Waals surface area contributed by atoms with Crippen LogP contribution in [0.1, 0.15) is 69.1 Å². The van der Waals surface area contributed by atoms with Gasteiger partial charge in [-0.1, -0.05) is 62.0 Å². The molecule has 1 fully saturated rings. The molecule has 1 N–H and O–H groups in total. The van der Waals surface area contributed by atoms with E-state index in [-0.39, 0.29) is 17.8 Å². The molecule has 2 heterocycles. The van der Waals surface area contributed by atoms with E-state index in [4.69, 9.17) is 0 Å². The Morgan fingerprint density at radius 1 is 1.04 bits per heavy atom. The zero-order valence-electron chi connectivity index (χ0n) is 27.2. The highest BCUT2D eigenvalue weighted by molar-refractivity contribution is 8.14. The molecule has 6 rings (SSSR count). The van der Waals surface area contributed by atoms with Crippen LogP contribution in [0.2, 0.25) is 0 Å². The number of urea groups is 1. The van der Waals surface area contributed by atoms with E-state index in [0.29, 0.717) is 17.4 Å². The summed E-state index contributed by atoms with van der Waals surface area (Å²) in [7, 11) is 0. The Balaban J connectivity index is 1.18. The third kappa shape index (κ3) is 7.43. The molecule has 0 saturated carbocycles. The van der Waals surface area contributed by atoms with Gasteiger partial charge in [0.15, 0.2) is 11.0 Å². The molecule has 3 aromatic carbocycles. The highest BCUT2D eigenvalue weighted by Gasteiger charge is 2.31. The van der Waals surface area contributed by atoms with Crippen LogP contribution < -0.4 is 15.0 Å². The Morgan fingerprint density at radius 3 is 2.48 bits per heavy atom. The minimum atomic E-state index is -4.75. The summed E-state index contributed by atoms with van der Waals surface area (Å²) in [5, 5.41) is 8.33. The fraction of sp³-hybridized carbons (Fsp3) is 0.333. The van der Waals surface area contributed by atoms with Crippen molar-refractivity contribution in [1.29, 1.82) is 0 Å². The van der Waals surface area contributed by atoms with Gasteiger partial charge >= 0.3 is 12.4 Å². The van der Waals surface area contributed by atoms with Crippen LogP contribution in [0.15, 0.2) is 83.7 Å². The molecular weight excluding hydrogens is 637 g/mol. The van der Waals surface area contributed by atoms with Crippen molar-refractivity contribution < 1.29 is 22.7 Å². The maximum Gasteiger partial charge on any atom is 0.573 e. The smallest absolute Gasteiger partial charge is 0.406 e. The molecule has 8 nitrogen and oxygen atoms in total. The maximum atomic E-state index is 13.4. The van der Waals surface area contributed by atoms with Crippen LogP contribution in [-0.4, -0.2) is 44.1 Å². The summed E-state index contributed by atoms with van der Waals surface area (Å²) in [6.07, 6.45) is 0.290. The van der Waals surface area contributed by atoms with Gasteiger partial charge in [0.25, 0.3) is 0 Å². The van der Waals surface area contributed by atoms with Crippen molar-refractivity contribution in [2.24, 2.45) is 4.99 Å². The second-order valence-corrected chi connectivity index (χ2v) is 13.3. The van der Waals surface area contributed by atoms with Gasteiger partial charge in [-0.25, -0.2) is 14.5 Å². The number of amidine groups is 1. The van der Waals surface area contributed by atoms with E-state index in [1.54, 1.807) is 11.8 Å². The van der Waals surface area contributed by atoms with Gasteiger partial charge in [-0.3, -0.25) is 0 Å². The lowest BCUT2D eigenvalue weighted by Gasteiger charge is -2.37. The van der Waals surface area contributed by atoms with Crippen molar-refractivity contribution in [1.82, 2.24) is 20.1 Å². The van der Waals surface area contributed by atoms with Crippen molar-refractivity contribution in [2.45, 2.75) is 71.7 Å². The molecule has 0 bridgehead atoms. The molecule has 1 unspecified atom stereocenters. The van der Waals surface area contributed by atoms with Crippen molar-refractivity contribution in [3.05, 3.63) is 95.4 Å². The van der Waals surface area contributed by atoms with Crippen molar-refractivity contribution in [3.63, 3.8) is 0 Å². The highest BCUT2D eigenvalue weighted by atomic mass is 32.2. The largest absolute Gasteiger partial charge is 0.573 e. The van der Waals surface area contributed by atoms with Gasteiger partial charge in [-0.2, -0.15) is 4.99 Å². The fourth-order valence-electron chi connectivity index (χ4n) is 6.35. The molecule has 250 valence electrons. The lowest BCUT2D eigenvalue weighted by atomic mass is 9.95. The number of carbonyl (C=O) groups excluding carboxylic acids is 1. The van der Waals surface area contributed by atoms with Gasteiger partial charge in [0.05, 0.1) is 5.69 Å². The Morgan fingerprint density at radius 2 is 1.77 bits per heavy atom. The van der Waals surface area contributed by atoms with Crippen molar-refractivity contribution in [2.75, 3.05) is 10.7 Å². The summed E-state index contributed by atoms with van der Waals surface area (Å²) in [4.78, 5) is 24.6. The standard InChI is InChI=1S/C36H37F3N6O2S/c1-22(2)32-23(3)7-5-10-31(32)45-24(4)19-20-48-35(45)42-34(46)41-30-9-6-8-29(30)25-11-13-26(14-12-25)33-40-21-44(43-33)27-15-17-28(18-16-27)47-36(37,38)39/h5,7,10-18,21-22,24H,6,8-9,19-20H2,1-4H3,(H,41,46)/b42-35-. The number of hydrogen-bond acceptors (Lipinski definition) is 5. The Bertz CT molecular complexity index is 1850. The Kier molecular flexibility index (Phi) is 9.63. The number of halogens is 3.